The lowest BCUT2D eigenvalue weighted by atomic mass is 10.1. The second-order valence-electron chi connectivity index (χ2n) is 5.03. The molecule has 1 heterocycles. The van der Waals surface area contributed by atoms with Crippen LogP contribution in [0.4, 0.5) is 5.69 Å². The minimum absolute atomic E-state index is 0. The Labute approximate surface area is 168 Å². The van der Waals surface area contributed by atoms with E-state index in [0.717, 1.165) is 14.6 Å². The molecule has 0 unspecified atom stereocenters. The van der Waals surface area contributed by atoms with Crippen LogP contribution >= 0.6 is 40.1 Å². The normalized spacial score (nSPS) is 10.3. The summed E-state index contributed by atoms with van der Waals surface area (Å²) in [6, 6.07) is 12.1. The number of nitrogens with zero attached hydrogens (tertiary/aromatic N) is 2. The second-order valence-corrected chi connectivity index (χ2v) is 7.29. The average molecular weight is 455 g/mol. The summed E-state index contributed by atoms with van der Waals surface area (Å²) in [6.07, 6.45) is 0. The fourth-order valence-corrected chi connectivity index (χ4v) is 4.20. The predicted molar refractivity (Wildman–Crippen MR) is 109 cm³/mol. The van der Waals surface area contributed by atoms with Gasteiger partial charge in [-0.05, 0) is 31.2 Å². The minimum atomic E-state index is -0.539. The molecule has 0 saturated carbocycles. The second kappa shape index (κ2) is 9.11. The number of ether oxygens (including phenoxy) is 1. The molecule has 3 rings (SSSR count). The number of nitro groups is 1. The molecular weight excluding hydrogens is 440 g/mol. The third-order valence-electron chi connectivity index (χ3n) is 3.38. The van der Waals surface area contributed by atoms with Crippen LogP contribution in [0.3, 0.4) is 0 Å². The van der Waals surface area contributed by atoms with E-state index in [1.807, 2.05) is 24.3 Å². The number of rotatable bonds is 7. The van der Waals surface area contributed by atoms with Crippen LogP contribution in [-0.4, -0.2) is 28.1 Å². The lowest BCUT2D eigenvalue weighted by Gasteiger charge is -2.05. The van der Waals surface area contributed by atoms with Crippen LogP contribution in [0.5, 0.6) is 5.75 Å². The number of nitro benzene ring substituents is 1. The van der Waals surface area contributed by atoms with Crippen molar-refractivity contribution < 1.29 is 14.5 Å². The van der Waals surface area contributed by atoms with Gasteiger partial charge in [-0.1, -0.05) is 23.9 Å². The maximum Gasteiger partial charge on any atom is 0.311 e. The van der Waals surface area contributed by atoms with Gasteiger partial charge < -0.3 is 4.74 Å². The molecule has 0 spiro atoms. The Morgan fingerprint density at radius 3 is 2.77 bits per heavy atom. The third kappa shape index (κ3) is 4.60. The Morgan fingerprint density at radius 2 is 2.08 bits per heavy atom. The van der Waals surface area contributed by atoms with Crippen LogP contribution < -0.4 is 4.74 Å². The van der Waals surface area contributed by atoms with Gasteiger partial charge in [-0.2, -0.15) is 0 Å². The Hall–Kier alpha value is -1.97. The van der Waals surface area contributed by atoms with Crippen LogP contribution in [0, 0.1) is 10.1 Å². The molecule has 0 aliphatic rings. The molecule has 0 atom stereocenters. The fraction of sp³-hybridized carbons (Fsp3) is 0.176. The number of fused-ring (bicyclic) bond motifs is 1. The first kappa shape index (κ1) is 20.3. The first-order valence-corrected chi connectivity index (χ1v) is 9.31. The van der Waals surface area contributed by atoms with Crippen molar-refractivity contribution in [3.8, 4) is 5.75 Å². The summed E-state index contributed by atoms with van der Waals surface area (Å²) in [5, 5.41) is 11.2. The van der Waals surface area contributed by atoms with E-state index < -0.39 is 4.92 Å². The number of halogens is 1. The summed E-state index contributed by atoms with van der Waals surface area (Å²) in [4.78, 5) is 27.4. The van der Waals surface area contributed by atoms with Gasteiger partial charge >= 0.3 is 5.69 Å². The highest BCUT2D eigenvalue weighted by atomic mass is 79.9. The summed E-state index contributed by atoms with van der Waals surface area (Å²) < 4.78 is 7.09. The van der Waals surface area contributed by atoms with E-state index in [0.29, 0.717) is 12.2 Å². The zero-order valence-electron chi connectivity index (χ0n) is 13.7. The van der Waals surface area contributed by atoms with Crippen LogP contribution in [0.25, 0.3) is 10.2 Å². The Balaban J connectivity index is 0.00000243. The lowest BCUT2D eigenvalue weighted by molar-refractivity contribution is -0.385. The van der Waals surface area contributed by atoms with E-state index in [1.165, 1.54) is 35.2 Å². The molecule has 2 aromatic carbocycles. The van der Waals surface area contributed by atoms with E-state index in [9.17, 15) is 14.9 Å². The van der Waals surface area contributed by atoms with Gasteiger partial charge in [0.2, 0.25) is 0 Å². The number of thioether (sulfide) groups is 1. The van der Waals surface area contributed by atoms with Crippen molar-refractivity contribution in [2.24, 2.45) is 0 Å². The summed E-state index contributed by atoms with van der Waals surface area (Å²) in [5.74, 6) is 0.156. The number of Topliss-reactive ketones (excluding diaryl/α,β-unsaturated/α-hetero) is 1. The van der Waals surface area contributed by atoms with Crippen molar-refractivity contribution >= 4 is 61.8 Å². The van der Waals surface area contributed by atoms with Crippen molar-refractivity contribution in [1.29, 1.82) is 0 Å². The van der Waals surface area contributed by atoms with E-state index in [4.69, 9.17) is 4.74 Å². The molecular formula is C17H15BrN2O4S2. The average Bonchev–Trinajstić information content (AvgIpc) is 3.03. The van der Waals surface area contributed by atoms with Crippen LogP contribution in [-0.2, 0) is 0 Å². The quantitative estimate of drug-likeness (QED) is 0.212. The van der Waals surface area contributed by atoms with E-state index >= 15 is 0 Å². The van der Waals surface area contributed by atoms with Gasteiger partial charge in [0, 0.05) is 11.6 Å². The number of hydrogen-bond acceptors (Lipinski definition) is 7. The number of hydrogen-bond donors (Lipinski definition) is 0. The van der Waals surface area contributed by atoms with E-state index in [2.05, 4.69) is 4.98 Å². The highest BCUT2D eigenvalue weighted by molar-refractivity contribution is 8.93. The van der Waals surface area contributed by atoms with Gasteiger partial charge in [-0.3, -0.25) is 14.9 Å². The van der Waals surface area contributed by atoms with Gasteiger partial charge in [-0.25, -0.2) is 4.98 Å². The van der Waals surface area contributed by atoms with Gasteiger partial charge in [0.25, 0.3) is 0 Å². The summed E-state index contributed by atoms with van der Waals surface area (Å²) in [6.45, 7) is 2.07. The van der Waals surface area contributed by atoms with Gasteiger partial charge in [0.1, 0.15) is 0 Å². The highest BCUT2D eigenvalue weighted by Gasteiger charge is 2.19. The molecule has 0 fully saturated rings. The molecule has 0 aliphatic heterocycles. The molecule has 3 aromatic rings. The van der Waals surface area contributed by atoms with Gasteiger partial charge in [0.05, 0.1) is 27.5 Å². The SMILES string of the molecule is Br.CCOc1ccc(C(=O)CSc2nc3ccccc3s2)cc1[N+](=O)[O-]. The van der Waals surface area contributed by atoms with Crippen molar-refractivity contribution in [1.82, 2.24) is 4.98 Å². The molecule has 0 saturated heterocycles. The first-order valence-electron chi connectivity index (χ1n) is 7.51. The molecule has 0 aliphatic carbocycles. The Morgan fingerprint density at radius 1 is 1.31 bits per heavy atom. The number of para-hydroxylation sites is 1. The lowest BCUT2D eigenvalue weighted by Crippen LogP contribution is -2.05. The minimum Gasteiger partial charge on any atom is -0.487 e. The molecule has 26 heavy (non-hydrogen) atoms. The zero-order chi connectivity index (χ0) is 17.8. The molecule has 6 nitrogen and oxygen atoms in total. The summed E-state index contributed by atoms with van der Waals surface area (Å²) >= 11 is 2.86. The molecule has 9 heteroatoms. The first-order chi connectivity index (χ1) is 12.1. The molecule has 0 radical (unpaired) electrons. The van der Waals surface area contributed by atoms with Crippen molar-refractivity contribution in [2.75, 3.05) is 12.4 Å². The van der Waals surface area contributed by atoms with E-state index in [-0.39, 0.29) is 40.0 Å². The maximum atomic E-state index is 12.4. The van der Waals surface area contributed by atoms with Crippen LogP contribution in [0.15, 0.2) is 46.8 Å². The topological polar surface area (TPSA) is 82.3 Å². The van der Waals surface area contributed by atoms with Gasteiger partial charge in [-0.15, -0.1) is 28.3 Å². The number of carbonyl (C=O) groups excluding carboxylic acids is 1. The number of aromatic nitrogens is 1. The third-order valence-corrected chi connectivity index (χ3v) is 5.56. The van der Waals surface area contributed by atoms with Crippen LogP contribution in [0.1, 0.15) is 17.3 Å². The number of ketones is 1. The smallest absolute Gasteiger partial charge is 0.311 e. The molecule has 0 N–H and O–H groups in total. The molecule has 0 bridgehead atoms. The summed E-state index contributed by atoms with van der Waals surface area (Å²) in [5.41, 5.74) is 1.00. The Kier molecular flexibility index (Phi) is 7.13. The van der Waals surface area contributed by atoms with Crippen molar-refractivity contribution in [3.63, 3.8) is 0 Å². The molecule has 136 valence electrons. The largest absolute Gasteiger partial charge is 0.487 e. The highest BCUT2D eigenvalue weighted by Crippen LogP contribution is 2.31. The number of carbonyl (C=O) groups is 1. The van der Waals surface area contributed by atoms with Gasteiger partial charge in [0.15, 0.2) is 15.9 Å². The molecule has 0 amide bonds. The zero-order valence-corrected chi connectivity index (χ0v) is 17.1. The standard InChI is InChI=1S/C17H14N2O4S2.BrH/c1-2-23-15-8-7-11(9-13(15)19(21)22)14(20)10-24-17-18-12-5-3-4-6-16(12)25-17;/h3-9H,2,10H2,1H3;1H. The fourth-order valence-electron chi connectivity index (χ4n) is 2.23. The van der Waals surface area contributed by atoms with Crippen molar-refractivity contribution in [3.05, 3.63) is 58.1 Å². The van der Waals surface area contributed by atoms with Crippen LogP contribution in [0.2, 0.25) is 0 Å². The predicted octanol–water partition coefficient (Wildman–Crippen LogP) is 5.16. The summed E-state index contributed by atoms with van der Waals surface area (Å²) in [7, 11) is 0. The molecule has 1 aromatic heterocycles. The van der Waals surface area contributed by atoms with E-state index in [1.54, 1.807) is 13.0 Å². The van der Waals surface area contributed by atoms with Crippen molar-refractivity contribution in [2.45, 2.75) is 11.3 Å². The Bertz CT molecular complexity index is 912. The monoisotopic (exact) mass is 454 g/mol. The maximum absolute atomic E-state index is 12.4. The number of thiazole rings is 1. The number of benzene rings is 2.